The maximum atomic E-state index is 10.3. The Morgan fingerprint density at radius 3 is 3.00 bits per heavy atom. The Bertz CT molecular complexity index is 798. The van der Waals surface area contributed by atoms with Gasteiger partial charge in [0.15, 0.2) is 17.0 Å². The second-order valence-electron chi connectivity index (χ2n) is 4.88. The molecule has 1 aliphatic rings. The van der Waals surface area contributed by atoms with Gasteiger partial charge in [-0.2, -0.15) is 0 Å². The van der Waals surface area contributed by atoms with Crippen molar-refractivity contribution in [3.05, 3.63) is 41.7 Å². The van der Waals surface area contributed by atoms with E-state index in [0.717, 1.165) is 11.1 Å². The topological polar surface area (TPSA) is 103 Å². The van der Waals surface area contributed by atoms with Gasteiger partial charge in [0.25, 0.3) is 0 Å². The van der Waals surface area contributed by atoms with Crippen LogP contribution in [0.25, 0.3) is 11.2 Å². The molecule has 0 bridgehead atoms. The number of fused-ring (bicyclic) bond motifs is 2. The first-order valence-corrected chi connectivity index (χ1v) is 6.33. The van der Waals surface area contributed by atoms with Gasteiger partial charge in [-0.1, -0.05) is 29.5 Å². The third kappa shape index (κ3) is 1.44. The van der Waals surface area contributed by atoms with Crippen LogP contribution in [0.4, 0.5) is 5.82 Å². The summed E-state index contributed by atoms with van der Waals surface area (Å²) in [7, 11) is 0. The van der Waals surface area contributed by atoms with E-state index in [1.165, 1.54) is 6.33 Å². The number of hydrogen-bond donors (Lipinski definition) is 2. The van der Waals surface area contributed by atoms with Crippen molar-refractivity contribution in [2.75, 3.05) is 5.73 Å². The molecule has 0 saturated heterocycles. The van der Waals surface area contributed by atoms with E-state index < -0.39 is 6.10 Å². The summed E-state index contributed by atoms with van der Waals surface area (Å²) in [6.45, 7) is 0. The Hall–Kier alpha value is -2.54. The number of benzene rings is 1. The molecular weight excluding hydrogens is 256 g/mol. The average molecular weight is 268 g/mol. The van der Waals surface area contributed by atoms with Crippen molar-refractivity contribution >= 4 is 17.0 Å². The lowest BCUT2D eigenvalue weighted by molar-refractivity contribution is 0.139. The molecule has 0 saturated carbocycles. The highest BCUT2D eigenvalue weighted by molar-refractivity contribution is 5.80. The molecule has 3 N–H and O–H groups in total. The molecular formula is C13H12N6O. The molecule has 2 aromatic heterocycles. The van der Waals surface area contributed by atoms with Crippen LogP contribution < -0.4 is 5.73 Å². The van der Waals surface area contributed by atoms with Gasteiger partial charge in [0, 0.05) is 6.42 Å². The van der Waals surface area contributed by atoms with Crippen LogP contribution in [0, 0.1) is 0 Å². The van der Waals surface area contributed by atoms with Crippen LogP contribution in [0.2, 0.25) is 0 Å². The Labute approximate surface area is 114 Å². The molecule has 7 nitrogen and oxygen atoms in total. The predicted molar refractivity (Wildman–Crippen MR) is 71.8 cm³/mol. The lowest BCUT2D eigenvalue weighted by Gasteiger charge is -2.16. The van der Waals surface area contributed by atoms with Gasteiger partial charge in [0.05, 0.1) is 6.10 Å². The highest BCUT2D eigenvalue weighted by Crippen LogP contribution is 2.35. The van der Waals surface area contributed by atoms with Gasteiger partial charge in [0.1, 0.15) is 12.4 Å². The van der Waals surface area contributed by atoms with Crippen LogP contribution in [-0.4, -0.2) is 36.2 Å². The fourth-order valence-electron chi connectivity index (χ4n) is 2.82. The SMILES string of the molecule is Nc1ncnc2c1nnn2[C@@H]1c2ccccc2C[C@@H]1O. The third-order valence-corrected chi connectivity index (χ3v) is 3.72. The first kappa shape index (κ1) is 11.3. The third-order valence-electron chi connectivity index (χ3n) is 3.72. The van der Waals surface area contributed by atoms with E-state index in [9.17, 15) is 5.11 Å². The molecule has 0 spiro atoms. The van der Waals surface area contributed by atoms with Crippen LogP contribution in [0.1, 0.15) is 17.2 Å². The van der Waals surface area contributed by atoms with Gasteiger partial charge < -0.3 is 10.8 Å². The van der Waals surface area contributed by atoms with E-state index >= 15 is 0 Å². The van der Waals surface area contributed by atoms with Gasteiger partial charge >= 0.3 is 0 Å². The fraction of sp³-hybridized carbons (Fsp3) is 0.231. The first-order valence-electron chi connectivity index (χ1n) is 6.33. The molecule has 4 rings (SSSR count). The number of nitrogens with zero attached hydrogens (tertiary/aromatic N) is 5. The zero-order chi connectivity index (χ0) is 13.7. The van der Waals surface area contributed by atoms with Crippen molar-refractivity contribution < 1.29 is 5.11 Å². The van der Waals surface area contributed by atoms with Crippen molar-refractivity contribution in [3.8, 4) is 0 Å². The average Bonchev–Trinajstić information content (AvgIpc) is 2.99. The Balaban J connectivity index is 1.94. The minimum absolute atomic E-state index is 0.287. The molecule has 0 aliphatic heterocycles. The normalized spacial score (nSPS) is 21.2. The van der Waals surface area contributed by atoms with Crippen LogP contribution in [0.5, 0.6) is 0 Å². The molecule has 1 aromatic carbocycles. The highest BCUT2D eigenvalue weighted by Gasteiger charge is 2.34. The van der Waals surface area contributed by atoms with E-state index in [4.69, 9.17) is 5.73 Å². The Morgan fingerprint density at radius 2 is 2.10 bits per heavy atom. The van der Waals surface area contributed by atoms with Crippen molar-refractivity contribution in [2.45, 2.75) is 18.6 Å². The lowest BCUT2D eigenvalue weighted by atomic mass is 10.1. The van der Waals surface area contributed by atoms with E-state index in [0.29, 0.717) is 23.4 Å². The Kier molecular flexibility index (Phi) is 2.25. The van der Waals surface area contributed by atoms with Crippen LogP contribution in [0.3, 0.4) is 0 Å². The van der Waals surface area contributed by atoms with Crippen molar-refractivity contribution in [2.24, 2.45) is 0 Å². The van der Waals surface area contributed by atoms with Crippen LogP contribution in [0.15, 0.2) is 30.6 Å². The number of anilines is 1. The quantitative estimate of drug-likeness (QED) is 0.658. The molecule has 100 valence electrons. The first-order chi connectivity index (χ1) is 9.75. The van der Waals surface area contributed by atoms with E-state index in [1.807, 2.05) is 24.3 Å². The number of aliphatic hydroxyl groups is 1. The van der Waals surface area contributed by atoms with Gasteiger partial charge in [-0.15, -0.1) is 5.10 Å². The molecule has 0 amide bonds. The summed E-state index contributed by atoms with van der Waals surface area (Å²) in [5.41, 5.74) is 8.94. The van der Waals surface area contributed by atoms with Crippen molar-refractivity contribution in [1.29, 1.82) is 0 Å². The number of nitrogens with two attached hydrogens (primary N) is 1. The maximum Gasteiger partial charge on any atom is 0.184 e. The van der Waals surface area contributed by atoms with Crippen LogP contribution >= 0.6 is 0 Å². The van der Waals surface area contributed by atoms with Gasteiger partial charge in [0.2, 0.25) is 0 Å². The lowest BCUT2D eigenvalue weighted by Crippen LogP contribution is -2.22. The number of nitrogen functional groups attached to an aromatic ring is 1. The number of aromatic nitrogens is 5. The summed E-state index contributed by atoms with van der Waals surface area (Å²) < 4.78 is 1.63. The minimum Gasteiger partial charge on any atom is -0.390 e. The highest BCUT2D eigenvalue weighted by atomic mass is 16.3. The van der Waals surface area contributed by atoms with Gasteiger partial charge in [-0.25, -0.2) is 14.6 Å². The van der Waals surface area contributed by atoms with E-state index in [2.05, 4.69) is 20.3 Å². The second-order valence-corrected chi connectivity index (χ2v) is 4.88. The molecule has 3 aromatic rings. The summed E-state index contributed by atoms with van der Waals surface area (Å²) in [6.07, 6.45) is 1.43. The van der Waals surface area contributed by atoms with E-state index in [-0.39, 0.29) is 6.04 Å². The summed E-state index contributed by atoms with van der Waals surface area (Å²) in [4.78, 5) is 8.09. The molecule has 1 aliphatic carbocycles. The van der Waals surface area contributed by atoms with Crippen LogP contribution in [-0.2, 0) is 6.42 Å². The minimum atomic E-state index is -0.548. The number of aliphatic hydroxyl groups excluding tert-OH is 1. The van der Waals surface area contributed by atoms with Gasteiger partial charge in [-0.05, 0) is 11.1 Å². The monoisotopic (exact) mass is 268 g/mol. The smallest absolute Gasteiger partial charge is 0.184 e. The molecule has 7 heteroatoms. The number of rotatable bonds is 1. The number of hydrogen-bond acceptors (Lipinski definition) is 6. The fourth-order valence-corrected chi connectivity index (χ4v) is 2.82. The van der Waals surface area contributed by atoms with Crippen molar-refractivity contribution in [1.82, 2.24) is 25.0 Å². The zero-order valence-corrected chi connectivity index (χ0v) is 10.5. The summed E-state index contributed by atoms with van der Waals surface area (Å²) in [6, 6.07) is 7.64. The molecule has 0 fully saturated rings. The second kappa shape index (κ2) is 3.97. The largest absolute Gasteiger partial charge is 0.390 e. The van der Waals surface area contributed by atoms with E-state index in [1.54, 1.807) is 4.68 Å². The molecule has 0 unspecified atom stereocenters. The molecule has 2 atom stereocenters. The Morgan fingerprint density at radius 1 is 1.25 bits per heavy atom. The molecule has 2 heterocycles. The van der Waals surface area contributed by atoms with Crippen molar-refractivity contribution in [3.63, 3.8) is 0 Å². The predicted octanol–water partition coefficient (Wildman–Crippen LogP) is 0.310. The van der Waals surface area contributed by atoms with Gasteiger partial charge in [-0.3, -0.25) is 0 Å². The molecule has 0 radical (unpaired) electrons. The standard InChI is InChI=1S/C13H12N6O/c14-12-10-13(16-6-15-12)19(18-17-10)11-8-4-2-1-3-7(8)5-9(11)20/h1-4,6,9,11,20H,5H2,(H2,14,15,16)/t9-,11+/m0/s1. The molecule has 20 heavy (non-hydrogen) atoms. The summed E-state index contributed by atoms with van der Waals surface area (Å²) in [5, 5.41) is 18.5. The zero-order valence-electron chi connectivity index (χ0n) is 10.5. The maximum absolute atomic E-state index is 10.3. The summed E-state index contributed by atoms with van der Waals surface area (Å²) in [5.74, 6) is 0.294. The summed E-state index contributed by atoms with van der Waals surface area (Å²) >= 11 is 0.